The fraction of sp³-hybridized carbons (Fsp3) is 0.0625. The van der Waals surface area contributed by atoms with Crippen molar-refractivity contribution in [1.29, 1.82) is 0 Å². The zero-order valence-electron chi connectivity index (χ0n) is 11.0. The number of hydrogen-bond acceptors (Lipinski definition) is 2. The van der Waals surface area contributed by atoms with Gasteiger partial charge in [-0.15, -0.1) is 0 Å². The number of nitrogens with one attached hydrogen (secondary N) is 1. The molecule has 3 nitrogen and oxygen atoms in total. The van der Waals surface area contributed by atoms with Crippen LogP contribution in [0.1, 0.15) is 5.56 Å². The van der Waals surface area contributed by atoms with E-state index in [1.165, 1.54) is 18.2 Å². The molecule has 0 spiro atoms. The minimum atomic E-state index is -0.301. The van der Waals surface area contributed by atoms with Crippen LogP contribution in [0.3, 0.4) is 0 Å². The van der Waals surface area contributed by atoms with E-state index in [9.17, 15) is 9.18 Å². The van der Waals surface area contributed by atoms with Crippen molar-refractivity contribution in [2.75, 3.05) is 12.4 Å². The maximum Gasteiger partial charge on any atom is 0.248 e. The monoisotopic (exact) mass is 271 g/mol. The maximum absolute atomic E-state index is 12.7. The molecule has 0 saturated carbocycles. The minimum absolute atomic E-state index is 0.250. The Hall–Kier alpha value is -2.62. The smallest absolute Gasteiger partial charge is 0.248 e. The molecule has 1 N–H and O–H groups in total. The first-order chi connectivity index (χ1) is 9.67. The van der Waals surface area contributed by atoms with E-state index in [1.807, 2.05) is 0 Å². The summed E-state index contributed by atoms with van der Waals surface area (Å²) in [6, 6.07) is 12.9. The summed E-state index contributed by atoms with van der Waals surface area (Å²) in [7, 11) is 1.58. The third-order valence-corrected chi connectivity index (χ3v) is 2.65. The largest absolute Gasteiger partial charge is 0.497 e. The molecule has 0 aliphatic carbocycles. The highest BCUT2D eigenvalue weighted by molar-refractivity contribution is 6.01. The van der Waals surface area contributed by atoms with Gasteiger partial charge in [-0.05, 0) is 48.0 Å². The zero-order chi connectivity index (χ0) is 14.4. The average molecular weight is 271 g/mol. The van der Waals surface area contributed by atoms with Crippen molar-refractivity contribution in [3.05, 3.63) is 66.0 Å². The molecule has 0 atom stereocenters. The number of hydrogen-bond donors (Lipinski definition) is 1. The van der Waals surface area contributed by atoms with Crippen LogP contribution < -0.4 is 10.1 Å². The predicted molar refractivity (Wildman–Crippen MR) is 77.1 cm³/mol. The van der Waals surface area contributed by atoms with Gasteiger partial charge in [-0.25, -0.2) is 4.39 Å². The summed E-state index contributed by atoms with van der Waals surface area (Å²) in [5, 5.41) is 2.72. The Labute approximate surface area is 116 Å². The summed E-state index contributed by atoms with van der Waals surface area (Å²) in [5.74, 6) is 0.175. The number of benzene rings is 2. The van der Waals surface area contributed by atoms with E-state index in [4.69, 9.17) is 4.74 Å². The lowest BCUT2D eigenvalue weighted by molar-refractivity contribution is -0.111. The number of halogens is 1. The van der Waals surface area contributed by atoms with Crippen LogP contribution >= 0.6 is 0 Å². The third kappa shape index (κ3) is 3.95. The van der Waals surface area contributed by atoms with Gasteiger partial charge < -0.3 is 10.1 Å². The van der Waals surface area contributed by atoms with Gasteiger partial charge in [-0.3, -0.25) is 4.79 Å². The topological polar surface area (TPSA) is 38.3 Å². The summed E-state index contributed by atoms with van der Waals surface area (Å²) in [6.45, 7) is 0. The summed E-state index contributed by atoms with van der Waals surface area (Å²) >= 11 is 0. The van der Waals surface area contributed by atoms with E-state index < -0.39 is 0 Å². The summed E-state index contributed by atoms with van der Waals surface area (Å²) < 4.78 is 17.8. The lowest BCUT2D eigenvalue weighted by Gasteiger charge is -2.03. The number of carbonyl (C=O) groups excluding carboxylic acids is 1. The Morgan fingerprint density at radius 2 is 1.75 bits per heavy atom. The summed E-state index contributed by atoms with van der Waals surface area (Å²) in [5.41, 5.74) is 1.44. The van der Waals surface area contributed by atoms with Crippen molar-refractivity contribution in [1.82, 2.24) is 0 Å². The van der Waals surface area contributed by atoms with E-state index in [2.05, 4.69) is 5.32 Å². The molecular weight excluding hydrogens is 257 g/mol. The highest BCUT2D eigenvalue weighted by atomic mass is 19.1. The van der Waals surface area contributed by atoms with Gasteiger partial charge in [-0.1, -0.05) is 12.1 Å². The molecule has 0 bridgehead atoms. The van der Waals surface area contributed by atoms with E-state index in [-0.39, 0.29) is 11.7 Å². The first-order valence-corrected chi connectivity index (χ1v) is 6.06. The number of anilines is 1. The third-order valence-electron chi connectivity index (χ3n) is 2.65. The SMILES string of the molecule is COc1ccc(NC(=O)/C=C/c2ccc(F)cc2)cc1. The Morgan fingerprint density at radius 3 is 2.35 bits per heavy atom. The zero-order valence-corrected chi connectivity index (χ0v) is 11.0. The molecule has 0 unspecified atom stereocenters. The lowest BCUT2D eigenvalue weighted by atomic mass is 10.2. The van der Waals surface area contributed by atoms with E-state index in [0.29, 0.717) is 5.69 Å². The van der Waals surface area contributed by atoms with Crippen molar-refractivity contribution in [3.8, 4) is 5.75 Å². The molecule has 0 saturated heterocycles. The van der Waals surface area contributed by atoms with Gasteiger partial charge >= 0.3 is 0 Å². The van der Waals surface area contributed by atoms with Crippen molar-refractivity contribution >= 4 is 17.7 Å². The molecule has 20 heavy (non-hydrogen) atoms. The highest BCUT2D eigenvalue weighted by Crippen LogP contribution is 2.15. The highest BCUT2D eigenvalue weighted by Gasteiger charge is 1.98. The van der Waals surface area contributed by atoms with Crippen LogP contribution in [0.4, 0.5) is 10.1 Å². The molecule has 2 rings (SSSR count). The molecule has 102 valence electrons. The molecule has 0 fully saturated rings. The molecule has 0 aliphatic rings. The normalized spacial score (nSPS) is 10.5. The van der Waals surface area contributed by atoms with Gasteiger partial charge in [0, 0.05) is 11.8 Å². The quantitative estimate of drug-likeness (QED) is 0.864. The lowest BCUT2D eigenvalue weighted by Crippen LogP contribution is -2.07. The molecule has 0 radical (unpaired) electrons. The van der Waals surface area contributed by atoms with Gasteiger partial charge in [0.15, 0.2) is 0 Å². The van der Waals surface area contributed by atoms with Crippen molar-refractivity contribution in [2.24, 2.45) is 0 Å². The van der Waals surface area contributed by atoms with Crippen LogP contribution in [0.15, 0.2) is 54.6 Å². The standard InChI is InChI=1S/C16H14FNO2/c1-20-15-9-7-14(8-10-15)18-16(19)11-4-12-2-5-13(17)6-3-12/h2-11H,1H3,(H,18,19)/b11-4+. The number of carbonyl (C=O) groups is 1. The fourth-order valence-electron chi connectivity index (χ4n) is 1.60. The van der Waals surface area contributed by atoms with E-state index in [0.717, 1.165) is 11.3 Å². The summed E-state index contributed by atoms with van der Waals surface area (Å²) in [4.78, 5) is 11.7. The Kier molecular flexibility index (Phi) is 4.50. The van der Waals surface area contributed by atoms with Crippen LogP contribution in [-0.4, -0.2) is 13.0 Å². The van der Waals surface area contributed by atoms with Crippen molar-refractivity contribution in [3.63, 3.8) is 0 Å². The van der Waals surface area contributed by atoms with Gasteiger partial charge in [0.05, 0.1) is 7.11 Å². The van der Waals surface area contributed by atoms with Crippen LogP contribution in [0.25, 0.3) is 6.08 Å². The molecular formula is C16H14FNO2. The average Bonchev–Trinajstić information content (AvgIpc) is 2.47. The summed E-state index contributed by atoms with van der Waals surface area (Å²) in [6.07, 6.45) is 3.02. The maximum atomic E-state index is 12.7. The molecule has 2 aromatic carbocycles. The second-order valence-electron chi connectivity index (χ2n) is 4.10. The van der Waals surface area contributed by atoms with Crippen LogP contribution in [0, 0.1) is 5.82 Å². The van der Waals surface area contributed by atoms with Crippen LogP contribution in [-0.2, 0) is 4.79 Å². The van der Waals surface area contributed by atoms with Gasteiger partial charge in [0.2, 0.25) is 5.91 Å². The van der Waals surface area contributed by atoms with Crippen LogP contribution in [0.2, 0.25) is 0 Å². The minimum Gasteiger partial charge on any atom is -0.497 e. The number of methoxy groups -OCH3 is 1. The first-order valence-electron chi connectivity index (χ1n) is 6.06. The Balaban J connectivity index is 1.96. The molecule has 1 amide bonds. The van der Waals surface area contributed by atoms with Gasteiger partial charge in [0.1, 0.15) is 11.6 Å². The molecule has 2 aromatic rings. The number of rotatable bonds is 4. The Morgan fingerprint density at radius 1 is 1.10 bits per heavy atom. The number of ether oxygens (including phenoxy) is 1. The van der Waals surface area contributed by atoms with Crippen molar-refractivity contribution < 1.29 is 13.9 Å². The second-order valence-corrected chi connectivity index (χ2v) is 4.10. The predicted octanol–water partition coefficient (Wildman–Crippen LogP) is 3.49. The van der Waals surface area contributed by atoms with E-state index >= 15 is 0 Å². The van der Waals surface area contributed by atoms with E-state index in [1.54, 1.807) is 49.6 Å². The Bertz CT molecular complexity index is 603. The number of amides is 1. The van der Waals surface area contributed by atoms with Gasteiger partial charge in [0.25, 0.3) is 0 Å². The molecule has 0 aromatic heterocycles. The van der Waals surface area contributed by atoms with Crippen LogP contribution in [0.5, 0.6) is 5.75 Å². The molecule has 0 heterocycles. The van der Waals surface area contributed by atoms with Crippen molar-refractivity contribution in [2.45, 2.75) is 0 Å². The second kappa shape index (κ2) is 6.52. The fourth-order valence-corrected chi connectivity index (χ4v) is 1.60. The molecule has 0 aliphatic heterocycles. The molecule has 4 heteroatoms. The first kappa shape index (κ1) is 13.8. The van der Waals surface area contributed by atoms with Gasteiger partial charge in [-0.2, -0.15) is 0 Å².